The Morgan fingerprint density at radius 3 is 2.88 bits per heavy atom. The molecule has 1 N–H and O–H groups in total. The number of amides is 1. The van der Waals surface area contributed by atoms with Gasteiger partial charge < -0.3 is 10.1 Å². The lowest BCUT2D eigenvalue weighted by Gasteiger charge is -2.08. The lowest BCUT2D eigenvalue weighted by Crippen LogP contribution is -2.22. The highest BCUT2D eigenvalue weighted by Crippen LogP contribution is 2.18. The molecule has 0 aliphatic heterocycles. The third-order valence-electron chi connectivity index (χ3n) is 3.38. The normalized spacial score (nSPS) is 11.6. The number of ether oxygens (including phenoxy) is 1. The number of hydrogen-bond acceptors (Lipinski definition) is 5. The van der Waals surface area contributed by atoms with Crippen molar-refractivity contribution in [1.82, 2.24) is 10.3 Å². The topological polar surface area (TPSA) is 75.9 Å². The summed E-state index contributed by atoms with van der Waals surface area (Å²) in [7, 11) is 1.31. The second-order valence-electron chi connectivity index (χ2n) is 5.29. The Balaban J connectivity index is 2.12. The number of carbonyl (C=O) groups is 1. The van der Waals surface area contributed by atoms with Crippen LogP contribution in [0.25, 0.3) is 0 Å². The zero-order chi connectivity index (χ0) is 18.2. The van der Waals surface area contributed by atoms with E-state index >= 15 is 0 Å². The Kier molecular flexibility index (Phi) is 6.65. The number of rotatable bonds is 5. The summed E-state index contributed by atoms with van der Waals surface area (Å²) in [4.78, 5) is 15.5. The van der Waals surface area contributed by atoms with Crippen LogP contribution in [0.4, 0.5) is 4.79 Å². The fourth-order valence-corrected chi connectivity index (χ4v) is 2.23. The number of aryl methyl sites for hydroxylation is 1. The van der Waals surface area contributed by atoms with Crippen molar-refractivity contribution in [2.24, 2.45) is 10.2 Å². The van der Waals surface area contributed by atoms with E-state index in [4.69, 9.17) is 11.6 Å². The molecule has 0 aliphatic carbocycles. The van der Waals surface area contributed by atoms with Gasteiger partial charge in [0.2, 0.25) is 0 Å². The van der Waals surface area contributed by atoms with Gasteiger partial charge in [-0.2, -0.15) is 10.2 Å². The van der Waals surface area contributed by atoms with E-state index in [1.165, 1.54) is 7.11 Å². The van der Waals surface area contributed by atoms with Crippen LogP contribution in [0.2, 0.25) is 5.02 Å². The van der Waals surface area contributed by atoms with E-state index in [0.717, 1.165) is 28.2 Å². The molecule has 2 rings (SSSR count). The molecule has 0 aliphatic rings. The number of hydrogen-bond donors (Lipinski definition) is 1. The first-order valence-electron chi connectivity index (χ1n) is 7.61. The molecular formula is C18H19ClN4O2. The molecule has 0 saturated carbocycles. The minimum atomic E-state index is -0.512. The van der Waals surface area contributed by atoms with E-state index < -0.39 is 6.09 Å². The Labute approximate surface area is 151 Å². The molecule has 0 radical (unpaired) electrons. The third-order valence-corrected chi connectivity index (χ3v) is 3.75. The van der Waals surface area contributed by atoms with E-state index in [0.29, 0.717) is 5.02 Å². The van der Waals surface area contributed by atoms with Crippen LogP contribution in [0.3, 0.4) is 0 Å². The molecule has 25 heavy (non-hydrogen) atoms. The van der Waals surface area contributed by atoms with Crippen molar-refractivity contribution in [1.29, 1.82) is 0 Å². The van der Waals surface area contributed by atoms with E-state index in [9.17, 15) is 4.79 Å². The molecule has 1 amide bonds. The van der Waals surface area contributed by atoms with Crippen molar-refractivity contribution in [2.75, 3.05) is 7.11 Å². The van der Waals surface area contributed by atoms with Gasteiger partial charge in [-0.3, -0.25) is 4.98 Å². The van der Waals surface area contributed by atoms with Gasteiger partial charge >= 0.3 is 6.09 Å². The van der Waals surface area contributed by atoms with Gasteiger partial charge in [0.15, 0.2) is 0 Å². The second-order valence-corrected chi connectivity index (χ2v) is 5.69. The van der Waals surface area contributed by atoms with Crippen LogP contribution >= 0.6 is 11.6 Å². The minimum Gasteiger partial charge on any atom is -0.453 e. The zero-order valence-electron chi connectivity index (χ0n) is 14.3. The number of halogens is 1. The van der Waals surface area contributed by atoms with Gasteiger partial charge in [-0.25, -0.2) is 4.79 Å². The monoisotopic (exact) mass is 358 g/mol. The highest BCUT2D eigenvalue weighted by Gasteiger charge is 2.06. The van der Waals surface area contributed by atoms with Gasteiger partial charge in [-0.15, -0.1) is 0 Å². The van der Waals surface area contributed by atoms with E-state index in [2.05, 4.69) is 25.2 Å². The van der Waals surface area contributed by atoms with Crippen molar-refractivity contribution in [3.05, 3.63) is 63.9 Å². The maximum absolute atomic E-state index is 11.2. The molecule has 1 aromatic carbocycles. The first-order valence-corrected chi connectivity index (χ1v) is 7.99. The molecule has 0 saturated heterocycles. The van der Waals surface area contributed by atoms with Gasteiger partial charge in [0.05, 0.1) is 24.7 Å². The molecule has 1 aromatic heterocycles. The Hall–Kier alpha value is -2.73. The smallest absolute Gasteiger partial charge is 0.407 e. The molecule has 1 heterocycles. The van der Waals surface area contributed by atoms with Gasteiger partial charge in [-0.1, -0.05) is 23.7 Å². The van der Waals surface area contributed by atoms with Gasteiger partial charge in [0, 0.05) is 17.3 Å². The van der Waals surface area contributed by atoms with Crippen LogP contribution < -0.4 is 5.32 Å². The van der Waals surface area contributed by atoms with Crippen LogP contribution in [0.5, 0.6) is 0 Å². The number of pyridine rings is 1. The average molecular weight is 359 g/mol. The highest BCUT2D eigenvalue weighted by molar-refractivity contribution is 6.31. The lowest BCUT2D eigenvalue weighted by atomic mass is 10.1. The number of aromatic nitrogens is 1. The van der Waals surface area contributed by atoms with E-state index in [-0.39, 0.29) is 6.54 Å². The molecule has 6 nitrogen and oxygen atoms in total. The van der Waals surface area contributed by atoms with Crippen LogP contribution in [-0.2, 0) is 11.3 Å². The maximum Gasteiger partial charge on any atom is 0.407 e. The van der Waals surface area contributed by atoms with Gasteiger partial charge in [0.1, 0.15) is 0 Å². The summed E-state index contributed by atoms with van der Waals surface area (Å²) in [6, 6.07) is 11.2. The second kappa shape index (κ2) is 8.94. The standard InChI is InChI=1S/C18H19ClN4O2/c1-12-5-4-6-16(22-12)11-21-23-13(2)14-7-8-17(19)15(9-14)10-20-18(24)25-3/h4-9,11H,10H2,1-3H3,(H,20,24). The number of alkyl carbamates (subject to hydrolysis) is 1. The third kappa shape index (κ3) is 5.69. The van der Waals surface area contributed by atoms with Crippen LogP contribution in [0.15, 0.2) is 46.6 Å². The molecule has 2 aromatic rings. The first-order chi connectivity index (χ1) is 12.0. The fourth-order valence-electron chi connectivity index (χ4n) is 2.04. The molecular weight excluding hydrogens is 340 g/mol. The zero-order valence-corrected chi connectivity index (χ0v) is 15.0. The van der Waals surface area contributed by atoms with E-state index in [1.807, 2.05) is 44.2 Å². The molecule has 0 unspecified atom stereocenters. The average Bonchev–Trinajstić information content (AvgIpc) is 2.60. The van der Waals surface area contributed by atoms with Crippen molar-refractivity contribution in [3.8, 4) is 0 Å². The van der Waals surface area contributed by atoms with Crippen molar-refractivity contribution in [3.63, 3.8) is 0 Å². The molecule has 130 valence electrons. The van der Waals surface area contributed by atoms with Crippen molar-refractivity contribution >= 4 is 29.6 Å². The Bertz CT molecular complexity index is 818. The summed E-state index contributed by atoms with van der Waals surface area (Å²) in [5.74, 6) is 0. The lowest BCUT2D eigenvalue weighted by molar-refractivity contribution is 0.170. The predicted molar refractivity (Wildman–Crippen MR) is 99.5 cm³/mol. The number of methoxy groups -OCH3 is 1. The van der Waals surface area contributed by atoms with E-state index in [1.54, 1.807) is 12.3 Å². The summed E-state index contributed by atoms with van der Waals surface area (Å²) in [6.45, 7) is 4.04. The number of nitrogens with one attached hydrogen (secondary N) is 1. The number of benzene rings is 1. The van der Waals surface area contributed by atoms with Crippen LogP contribution in [-0.4, -0.2) is 30.1 Å². The highest BCUT2D eigenvalue weighted by atomic mass is 35.5. The molecule has 7 heteroatoms. The molecule has 0 spiro atoms. The summed E-state index contributed by atoms with van der Waals surface area (Å²) in [5.41, 5.74) is 4.02. The van der Waals surface area contributed by atoms with Crippen LogP contribution in [0.1, 0.15) is 29.4 Å². The molecule has 0 fully saturated rings. The van der Waals surface area contributed by atoms with Crippen molar-refractivity contribution in [2.45, 2.75) is 20.4 Å². The SMILES string of the molecule is COC(=O)NCc1cc(C(C)=NN=Cc2cccc(C)n2)ccc1Cl. The summed E-state index contributed by atoms with van der Waals surface area (Å²) in [5, 5.41) is 11.4. The van der Waals surface area contributed by atoms with Crippen molar-refractivity contribution < 1.29 is 9.53 Å². The summed E-state index contributed by atoms with van der Waals surface area (Å²) < 4.78 is 4.55. The van der Waals surface area contributed by atoms with Gasteiger partial charge in [0.25, 0.3) is 0 Å². The number of carbonyl (C=O) groups excluding carboxylic acids is 1. The molecule has 0 atom stereocenters. The molecule has 0 bridgehead atoms. The predicted octanol–water partition coefficient (Wildman–Crippen LogP) is 3.74. The minimum absolute atomic E-state index is 0.267. The Morgan fingerprint density at radius 1 is 1.36 bits per heavy atom. The first kappa shape index (κ1) is 18.6. The quantitative estimate of drug-likeness (QED) is 0.653. The van der Waals surface area contributed by atoms with Crippen LogP contribution in [0, 0.1) is 6.92 Å². The largest absolute Gasteiger partial charge is 0.453 e. The fraction of sp³-hybridized carbons (Fsp3) is 0.222. The maximum atomic E-state index is 11.2. The summed E-state index contributed by atoms with van der Waals surface area (Å²) in [6.07, 6.45) is 1.09. The summed E-state index contributed by atoms with van der Waals surface area (Å²) >= 11 is 6.16. The number of nitrogens with zero attached hydrogens (tertiary/aromatic N) is 3. The van der Waals surface area contributed by atoms with Gasteiger partial charge in [-0.05, 0) is 49.2 Å². The Morgan fingerprint density at radius 2 is 2.16 bits per heavy atom.